The molecule has 1 atom stereocenters. The van der Waals surface area contributed by atoms with Crippen LogP contribution in [0.25, 0.3) is 0 Å². The molecule has 0 saturated heterocycles. The van der Waals surface area contributed by atoms with Crippen LogP contribution in [0.5, 0.6) is 0 Å². The highest BCUT2D eigenvalue weighted by Gasteiger charge is 2.17. The Balaban J connectivity index is 1.47. The number of hydrogen-bond acceptors (Lipinski definition) is 5. The molecule has 3 rings (SSSR count). The summed E-state index contributed by atoms with van der Waals surface area (Å²) in [5.41, 5.74) is 0.955. The first-order chi connectivity index (χ1) is 8.81. The monoisotopic (exact) mass is 247 g/mol. The molecule has 96 valence electrons. The van der Waals surface area contributed by atoms with Gasteiger partial charge in [0.2, 0.25) is 0 Å². The van der Waals surface area contributed by atoms with Crippen molar-refractivity contribution in [2.45, 2.75) is 20.0 Å². The molecular weight excluding hydrogens is 230 g/mol. The van der Waals surface area contributed by atoms with Gasteiger partial charge in [-0.25, -0.2) is 4.68 Å². The Morgan fingerprint density at radius 3 is 3.39 bits per heavy atom. The average Bonchev–Trinajstić information content (AvgIpc) is 2.97. The largest absolute Gasteiger partial charge is 0.370 e. The van der Waals surface area contributed by atoms with E-state index in [2.05, 4.69) is 20.9 Å². The third-order valence-electron chi connectivity index (χ3n) is 3.14. The zero-order valence-corrected chi connectivity index (χ0v) is 10.4. The molecule has 0 aliphatic carbocycles. The molecule has 3 heterocycles. The first kappa shape index (κ1) is 11.3. The van der Waals surface area contributed by atoms with Gasteiger partial charge in [-0.2, -0.15) is 5.10 Å². The number of rotatable bonds is 4. The molecular formula is C12H17N5O. The first-order valence-corrected chi connectivity index (χ1v) is 6.20. The topological polar surface area (TPSA) is 67.9 Å². The summed E-state index contributed by atoms with van der Waals surface area (Å²) >= 11 is 0. The minimum absolute atomic E-state index is 0.547. The fourth-order valence-electron chi connectivity index (χ4n) is 2.23. The van der Waals surface area contributed by atoms with Gasteiger partial charge in [-0.3, -0.25) is 0 Å². The molecule has 0 spiro atoms. The molecule has 0 unspecified atom stereocenters. The van der Waals surface area contributed by atoms with Crippen LogP contribution in [0.3, 0.4) is 0 Å². The Kier molecular flexibility index (Phi) is 3.02. The Morgan fingerprint density at radius 1 is 1.61 bits per heavy atom. The fourth-order valence-corrected chi connectivity index (χ4v) is 2.23. The molecule has 2 N–H and O–H groups in total. The van der Waals surface area contributed by atoms with E-state index in [-0.39, 0.29) is 0 Å². The van der Waals surface area contributed by atoms with Gasteiger partial charge in [-0.1, -0.05) is 5.16 Å². The van der Waals surface area contributed by atoms with E-state index < -0.39 is 0 Å². The zero-order valence-electron chi connectivity index (χ0n) is 10.4. The van der Waals surface area contributed by atoms with E-state index in [9.17, 15) is 0 Å². The quantitative estimate of drug-likeness (QED) is 0.844. The molecule has 1 aliphatic heterocycles. The Morgan fingerprint density at radius 2 is 2.56 bits per heavy atom. The van der Waals surface area contributed by atoms with Gasteiger partial charge >= 0.3 is 0 Å². The number of nitrogens with one attached hydrogen (secondary N) is 2. The highest BCUT2D eigenvalue weighted by atomic mass is 16.5. The second-order valence-electron chi connectivity index (χ2n) is 4.71. The van der Waals surface area contributed by atoms with Gasteiger partial charge in [-0.15, -0.1) is 0 Å². The van der Waals surface area contributed by atoms with Crippen molar-refractivity contribution in [3.05, 3.63) is 29.8 Å². The van der Waals surface area contributed by atoms with Crippen molar-refractivity contribution in [2.24, 2.45) is 5.92 Å². The summed E-state index contributed by atoms with van der Waals surface area (Å²) in [4.78, 5) is 0. The minimum Gasteiger partial charge on any atom is -0.370 e. The lowest BCUT2D eigenvalue weighted by Gasteiger charge is -2.24. The lowest BCUT2D eigenvalue weighted by molar-refractivity contribution is 0.375. The number of aryl methyl sites for hydroxylation is 1. The Bertz CT molecular complexity index is 518. The predicted octanol–water partition coefficient (Wildman–Crippen LogP) is 1.01. The molecule has 0 fully saturated rings. The highest BCUT2D eigenvalue weighted by molar-refractivity contribution is 5.35. The van der Waals surface area contributed by atoms with Crippen LogP contribution >= 0.6 is 0 Å². The van der Waals surface area contributed by atoms with Crippen molar-refractivity contribution < 1.29 is 4.52 Å². The molecule has 0 aromatic carbocycles. The number of nitrogens with zero attached hydrogens (tertiary/aromatic N) is 3. The van der Waals surface area contributed by atoms with Crippen molar-refractivity contribution in [3.63, 3.8) is 0 Å². The first-order valence-electron chi connectivity index (χ1n) is 6.20. The Labute approximate surface area is 105 Å². The number of aromatic nitrogens is 3. The van der Waals surface area contributed by atoms with Crippen molar-refractivity contribution in [2.75, 3.05) is 18.4 Å². The van der Waals surface area contributed by atoms with Crippen LogP contribution in [-0.4, -0.2) is 28.0 Å². The van der Waals surface area contributed by atoms with Crippen molar-refractivity contribution in [1.82, 2.24) is 20.3 Å². The second-order valence-corrected chi connectivity index (χ2v) is 4.71. The number of fused-ring (bicyclic) bond motifs is 1. The average molecular weight is 247 g/mol. The van der Waals surface area contributed by atoms with Gasteiger partial charge in [0.1, 0.15) is 11.6 Å². The van der Waals surface area contributed by atoms with Gasteiger partial charge in [0.25, 0.3) is 0 Å². The standard InChI is InChI=1S/C12H17N5O/c1-9-4-11(16-18-9)7-13-5-10-6-14-12-2-3-15-17(12)8-10/h2-4,10,13-14H,5-8H2,1H3/t10-/m0/s1. The summed E-state index contributed by atoms with van der Waals surface area (Å²) in [6, 6.07) is 3.96. The predicted molar refractivity (Wildman–Crippen MR) is 67.2 cm³/mol. The van der Waals surface area contributed by atoms with Crippen molar-refractivity contribution >= 4 is 5.82 Å². The molecule has 2 aromatic heterocycles. The molecule has 0 radical (unpaired) electrons. The second kappa shape index (κ2) is 4.81. The van der Waals surface area contributed by atoms with Crippen LogP contribution < -0.4 is 10.6 Å². The van der Waals surface area contributed by atoms with Crippen LogP contribution in [0.15, 0.2) is 22.9 Å². The molecule has 18 heavy (non-hydrogen) atoms. The highest BCUT2D eigenvalue weighted by Crippen LogP contribution is 2.15. The summed E-state index contributed by atoms with van der Waals surface area (Å²) in [5, 5.41) is 15.0. The molecule has 0 bridgehead atoms. The molecule has 0 saturated carbocycles. The molecule has 0 amide bonds. The van der Waals surface area contributed by atoms with E-state index in [0.717, 1.165) is 43.5 Å². The van der Waals surface area contributed by atoms with Crippen LogP contribution in [0.2, 0.25) is 0 Å². The third kappa shape index (κ3) is 2.38. The maximum absolute atomic E-state index is 5.03. The maximum Gasteiger partial charge on any atom is 0.133 e. The van der Waals surface area contributed by atoms with E-state index in [4.69, 9.17) is 4.52 Å². The Hall–Kier alpha value is -1.82. The molecule has 1 aliphatic rings. The van der Waals surface area contributed by atoms with E-state index in [0.29, 0.717) is 5.92 Å². The van der Waals surface area contributed by atoms with Crippen molar-refractivity contribution in [1.29, 1.82) is 0 Å². The van der Waals surface area contributed by atoms with E-state index in [1.165, 1.54) is 0 Å². The summed E-state index contributed by atoms with van der Waals surface area (Å²) in [7, 11) is 0. The van der Waals surface area contributed by atoms with Gasteiger partial charge in [0.15, 0.2) is 0 Å². The van der Waals surface area contributed by atoms with Crippen LogP contribution in [0.4, 0.5) is 5.82 Å². The van der Waals surface area contributed by atoms with Crippen LogP contribution in [0, 0.1) is 12.8 Å². The molecule has 6 heteroatoms. The lowest BCUT2D eigenvalue weighted by Crippen LogP contribution is -2.35. The SMILES string of the molecule is Cc1cc(CNC[C@H]2CNc3ccnn3C2)no1. The molecule has 6 nitrogen and oxygen atoms in total. The zero-order chi connectivity index (χ0) is 12.4. The van der Waals surface area contributed by atoms with E-state index in [1.807, 2.05) is 29.9 Å². The van der Waals surface area contributed by atoms with E-state index in [1.54, 1.807) is 0 Å². The summed E-state index contributed by atoms with van der Waals surface area (Å²) < 4.78 is 7.04. The van der Waals surface area contributed by atoms with Crippen molar-refractivity contribution in [3.8, 4) is 0 Å². The normalized spacial score (nSPS) is 18.4. The molecule has 2 aromatic rings. The number of hydrogen-bond donors (Lipinski definition) is 2. The van der Waals surface area contributed by atoms with Gasteiger partial charge in [0, 0.05) is 44.2 Å². The third-order valence-corrected chi connectivity index (χ3v) is 3.14. The number of anilines is 1. The summed E-state index contributed by atoms with van der Waals surface area (Å²) in [6.45, 7) is 5.54. The smallest absolute Gasteiger partial charge is 0.133 e. The van der Waals surface area contributed by atoms with Gasteiger partial charge in [0.05, 0.1) is 11.9 Å². The fraction of sp³-hybridized carbons (Fsp3) is 0.500. The van der Waals surface area contributed by atoms with Gasteiger partial charge < -0.3 is 15.2 Å². The van der Waals surface area contributed by atoms with Crippen LogP contribution in [0.1, 0.15) is 11.5 Å². The van der Waals surface area contributed by atoms with Gasteiger partial charge in [-0.05, 0) is 6.92 Å². The van der Waals surface area contributed by atoms with Crippen LogP contribution in [-0.2, 0) is 13.1 Å². The van der Waals surface area contributed by atoms with E-state index >= 15 is 0 Å². The lowest BCUT2D eigenvalue weighted by atomic mass is 10.1. The minimum atomic E-state index is 0.547. The summed E-state index contributed by atoms with van der Waals surface area (Å²) in [6.07, 6.45) is 1.83. The summed E-state index contributed by atoms with van der Waals surface area (Å²) in [5.74, 6) is 2.51. The maximum atomic E-state index is 5.03.